The predicted molar refractivity (Wildman–Crippen MR) is 62.8 cm³/mol. The van der Waals surface area contributed by atoms with Crippen molar-refractivity contribution in [1.82, 2.24) is 5.32 Å². The van der Waals surface area contributed by atoms with Gasteiger partial charge < -0.3 is 10.4 Å². The van der Waals surface area contributed by atoms with Crippen molar-refractivity contribution >= 4 is 5.91 Å². The predicted octanol–water partition coefficient (Wildman–Crippen LogP) is 1.20. The Morgan fingerprint density at radius 2 is 2.24 bits per heavy atom. The molecule has 1 amide bonds. The van der Waals surface area contributed by atoms with E-state index in [1.165, 1.54) is 0 Å². The fourth-order valence-corrected chi connectivity index (χ4v) is 3.11. The molecule has 0 spiro atoms. The molecule has 0 radical (unpaired) electrons. The number of aliphatic hydroxyl groups is 1. The van der Waals surface area contributed by atoms with Crippen molar-refractivity contribution in [3.05, 3.63) is 0 Å². The first-order valence-electron chi connectivity index (χ1n) is 6.45. The van der Waals surface area contributed by atoms with Crippen molar-refractivity contribution < 1.29 is 9.90 Å². The van der Waals surface area contributed by atoms with Crippen molar-refractivity contribution in [3.8, 4) is 6.07 Å². The van der Waals surface area contributed by atoms with Gasteiger partial charge in [-0.2, -0.15) is 5.26 Å². The van der Waals surface area contributed by atoms with E-state index in [-0.39, 0.29) is 17.9 Å². The molecule has 0 aromatic heterocycles. The van der Waals surface area contributed by atoms with Gasteiger partial charge in [-0.05, 0) is 31.6 Å². The molecule has 2 N–H and O–H groups in total. The Kier molecular flexibility index (Phi) is 3.39. The van der Waals surface area contributed by atoms with E-state index >= 15 is 0 Å². The van der Waals surface area contributed by atoms with Gasteiger partial charge in [-0.3, -0.25) is 4.79 Å². The van der Waals surface area contributed by atoms with E-state index in [2.05, 4.69) is 18.3 Å². The summed E-state index contributed by atoms with van der Waals surface area (Å²) in [5.74, 6) is 0.502. The number of nitrogens with one attached hydrogen (secondary N) is 1. The number of carbonyl (C=O) groups is 1. The Labute approximate surface area is 102 Å². The lowest BCUT2D eigenvalue weighted by Crippen LogP contribution is -2.49. The quantitative estimate of drug-likeness (QED) is 0.773. The maximum absolute atomic E-state index is 12.0. The molecule has 94 valence electrons. The first kappa shape index (κ1) is 12.4. The zero-order valence-electron chi connectivity index (χ0n) is 10.3. The number of nitrogens with zero attached hydrogens (tertiary/aromatic N) is 1. The molecular weight excluding hydrogens is 216 g/mol. The SMILES string of the molecule is CC1CC(C#N)(C(=O)NCC2CCCC2O)C1. The molecule has 2 aliphatic rings. The Morgan fingerprint density at radius 3 is 2.71 bits per heavy atom. The van der Waals surface area contributed by atoms with Crippen molar-refractivity contribution in [3.63, 3.8) is 0 Å². The van der Waals surface area contributed by atoms with Crippen molar-refractivity contribution in [2.45, 2.75) is 45.1 Å². The molecular formula is C13H20N2O2. The summed E-state index contributed by atoms with van der Waals surface area (Å²) in [6.45, 7) is 2.57. The summed E-state index contributed by atoms with van der Waals surface area (Å²) in [7, 11) is 0. The Hall–Kier alpha value is -1.08. The van der Waals surface area contributed by atoms with Gasteiger partial charge in [0.25, 0.3) is 0 Å². The Morgan fingerprint density at radius 1 is 1.53 bits per heavy atom. The molecule has 17 heavy (non-hydrogen) atoms. The van der Waals surface area contributed by atoms with Crippen LogP contribution in [0.5, 0.6) is 0 Å². The van der Waals surface area contributed by atoms with Crippen molar-refractivity contribution in [1.29, 1.82) is 5.26 Å². The highest BCUT2D eigenvalue weighted by atomic mass is 16.3. The molecule has 2 atom stereocenters. The monoisotopic (exact) mass is 236 g/mol. The Balaban J connectivity index is 1.83. The number of nitriles is 1. The molecule has 2 aliphatic carbocycles. The topological polar surface area (TPSA) is 73.1 Å². The molecule has 2 saturated carbocycles. The van der Waals surface area contributed by atoms with E-state index < -0.39 is 5.41 Å². The number of hydrogen-bond acceptors (Lipinski definition) is 3. The van der Waals surface area contributed by atoms with Crippen LogP contribution in [0.1, 0.15) is 39.0 Å². The summed E-state index contributed by atoms with van der Waals surface area (Å²) in [5, 5.41) is 21.6. The highest BCUT2D eigenvalue weighted by Crippen LogP contribution is 2.45. The zero-order chi connectivity index (χ0) is 12.5. The summed E-state index contributed by atoms with van der Waals surface area (Å²) in [6, 6.07) is 2.16. The van der Waals surface area contributed by atoms with Crippen LogP contribution in [0, 0.1) is 28.6 Å². The van der Waals surface area contributed by atoms with E-state index in [0.717, 1.165) is 19.3 Å². The fraction of sp³-hybridized carbons (Fsp3) is 0.846. The van der Waals surface area contributed by atoms with Gasteiger partial charge in [0.05, 0.1) is 12.2 Å². The number of carbonyl (C=O) groups excluding carboxylic acids is 1. The average Bonchev–Trinajstić information content (AvgIpc) is 2.67. The largest absolute Gasteiger partial charge is 0.393 e. The minimum atomic E-state index is -0.789. The lowest BCUT2D eigenvalue weighted by Gasteiger charge is -2.39. The van der Waals surface area contributed by atoms with Crippen LogP contribution >= 0.6 is 0 Å². The highest BCUT2D eigenvalue weighted by molar-refractivity contribution is 5.86. The molecule has 0 aromatic carbocycles. The third-order valence-electron chi connectivity index (χ3n) is 4.19. The average molecular weight is 236 g/mol. The second-order valence-corrected chi connectivity index (χ2v) is 5.68. The summed E-state index contributed by atoms with van der Waals surface area (Å²) in [5.41, 5.74) is -0.789. The number of hydrogen-bond donors (Lipinski definition) is 2. The van der Waals surface area contributed by atoms with Crippen LogP contribution in [0.25, 0.3) is 0 Å². The third kappa shape index (κ3) is 2.30. The van der Waals surface area contributed by atoms with Crippen LogP contribution in [0.15, 0.2) is 0 Å². The number of aliphatic hydroxyl groups excluding tert-OH is 1. The van der Waals surface area contributed by atoms with Gasteiger partial charge in [0.1, 0.15) is 5.41 Å². The number of amides is 1. The summed E-state index contributed by atoms with van der Waals surface area (Å²) in [4.78, 5) is 12.0. The molecule has 4 nitrogen and oxygen atoms in total. The minimum Gasteiger partial charge on any atom is -0.393 e. The first-order valence-corrected chi connectivity index (χ1v) is 6.45. The lowest BCUT2D eigenvalue weighted by atomic mass is 9.63. The molecule has 0 heterocycles. The molecule has 2 rings (SSSR count). The minimum absolute atomic E-state index is 0.141. The van der Waals surface area contributed by atoms with Crippen LogP contribution in [0.4, 0.5) is 0 Å². The second kappa shape index (κ2) is 4.66. The normalized spacial score (nSPS) is 40.4. The first-order chi connectivity index (χ1) is 8.07. The van der Waals surface area contributed by atoms with Gasteiger partial charge in [-0.25, -0.2) is 0 Å². The van der Waals surface area contributed by atoms with Crippen LogP contribution in [0.3, 0.4) is 0 Å². The third-order valence-corrected chi connectivity index (χ3v) is 4.19. The Bertz CT molecular complexity index is 342. The maximum atomic E-state index is 12.0. The lowest BCUT2D eigenvalue weighted by molar-refractivity contribution is -0.134. The molecule has 2 fully saturated rings. The molecule has 2 unspecified atom stereocenters. The fourth-order valence-electron chi connectivity index (χ4n) is 3.11. The maximum Gasteiger partial charge on any atom is 0.240 e. The van der Waals surface area contributed by atoms with Gasteiger partial charge in [0.2, 0.25) is 5.91 Å². The standard InChI is InChI=1S/C13H20N2O2/c1-9-5-13(6-9,8-14)12(17)15-7-10-3-2-4-11(10)16/h9-11,16H,2-7H2,1H3,(H,15,17). The van der Waals surface area contributed by atoms with E-state index in [4.69, 9.17) is 5.26 Å². The zero-order valence-corrected chi connectivity index (χ0v) is 10.3. The van der Waals surface area contributed by atoms with Crippen molar-refractivity contribution in [2.75, 3.05) is 6.54 Å². The molecule has 0 aromatic rings. The van der Waals surface area contributed by atoms with Gasteiger partial charge in [0.15, 0.2) is 0 Å². The summed E-state index contributed by atoms with van der Waals surface area (Å²) in [6.07, 6.45) is 3.89. The van der Waals surface area contributed by atoms with Crippen molar-refractivity contribution in [2.24, 2.45) is 17.3 Å². The van der Waals surface area contributed by atoms with E-state index in [1.54, 1.807) is 0 Å². The van der Waals surface area contributed by atoms with Crippen LogP contribution < -0.4 is 5.32 Å². The second-order valence-electron chi connectivity index (χ2n) is 5.68. The van der Waals surface area contributed by atoms with Crippen LogP contribution in [0.2, 0.25) is 0 Å². The van der Waals surface area contributed by atoms with Crippen LogP contribution in [-0.4, -0.2) is 23.7 Å². The van der Waals surface area contributed by atoms with Gasteiger partial charge in [-0.15, -0.1) is 0 Å². The molecule has 0 aliphatic heterocycles. The van der Waals surface area contributed by atoms with Crippen LogP contribution in [-0.2, 0) is 4.79 Å². The van der Waals surface area contributed by atoms with Gasteiger partial charge in [0, 0.05) is 12.5 Å². The van der Waals surface area contributed by atoms with E-state index in [1.807, 2.05) is 0 Å². The van der Waals surface area contributed by atoms with Gasteiger partial charge in [-0.1, -0.05) is 13.3 Å². The highest BCUT2D eigenvalue weighted by Gasteiger charge is 2.49. The smallest absolute Gasteiger partial charge is 0.240 e. The summed E-state index contributed by atoms with van der Waals surface area (Å²) < 4.78 is 0. The van der Waals surface area contributed by atoms with E-state index in [9.17, 15) is 9.90 Å². The molecule has 0 bridgehead atoms. The molecule has 0 saturated heterocycles. The summed E-state index contributed by atoms with van der Waals surface area (Å²) >= 11 is 0. The number of rotatable bonds is 3. The van der Waals surface area contributed by atoms with E-state index in [0.29, 0.717) is 25.3 Å². The molecule has 4 heteroatoms. The van der Waals surface area contributed by atoms with Gasteiger partial charge >= 0.3 is 0 Å².